The number of hydrogen-bond acceptors (Lipinski definition) is 3. The maximum absolute atomic E-state index is 12.1. The second-order valence-corrected chi connectivity index (χ2v) is 5.63. The Hall–Kier alpha value is -0.620. The highest BCUT2D eigenvalue weighted by Gasteiger charge is 2.19. The molecule has 1 aliphatic heterocycles. The lowest BCUT2D eigenvalue weighted by atomic mass is 10.1. The fourth-order valence-electron chi connectivity index (χ4n) is 2.09. The van der Waals surface area contributed by atoms with Crippen LogP contribution in [0.3, 0.4) is 0 Å². The van der Waals surface area contributed by atoms with Gasteiger partial charge >= 0.3 is 0 Å². The van der Waals surface area contributed by atoms with E-state index < -0.39 is 0 Å². The fourth-order valence-corrected chi connectivity index (χ4v) is 2.50. The van der Waals surface area contributed by atoms with Crippen molar-refractivity contribution in [1.29, 1.82) is 0 Å². The molecule has 1 saturated heterocycles. The zero-order valence-electron chi connectivity index (χ0n) is 11.5. The zero-order valence-corrected chi connectivity index (χ0v) is 13.9. The molecule has 2 rings (SSSR count). The number of benzene rings is 1. The summed E-state index contributed by atoms with van der Waals surface area (Å²) in [5.41, 5.74) is 1.12. The third kappa shape index (κ3) is 5.05. The summed E-state index contributed by atoms with van der Waals surface area (Å²) in [6.45, 7) is 2.80. The number of amides is 1. The van der Waals surface area contributed by atoms with Gasteiger partial charge in [0.05, 0.1) is 13.2 Å². The largest absolute Gasteiger partial charge is 0.378 e. The summed E-state index contributed by atoms with van der Waals surface area (Å²) in [5.74, 6) is 0.138. The lowest BCUT2D eigenvalue weighted by Crippen LogP contribution is -2.44. The molecule has 0 saturated carbocycles. The van der Waals surface area contributed by atoms with Crippen LogP contribution in [-0.2, 0) is 16.1 Å². The average Bonchev–Trinajstić information content (AvgIpc) is 2.42. The molecule has 1 atom stereocenters. The van der Waals surface area contributed by atoms with E-state index in [0.717, 1.165) is 23.2 Å². The first-order valence-corrected chi connectivity index (χ1v) is 7.24. The van der Waals surface area contributed by atoms with E-state index in [4.69, 9.17) is 4.74 Å². The molecular formula is C14H20BrClN2O2. The van der Waals surface area contributed by atoms with Crippen molar-refractivity contribution in [1.82, 2.24) is 10.2 Å². The van der Waals surface area contributed by atoms with Crippen molar-refractivity contribution in [3.63, 3.8) is 0 Å². The molecule has 0 aromatic heterocycles. The highest BCUT2D eigenvalue weighted by molar-refractivity contribution is 9.10. The summed E-state index contributed by atoms with van der Waals surface area (Å²) in [6, 6.07) is 8.11. The number of hydrogen-bond donors (Lipinski definition) is 1. The van der Waals surface area contributed by atoms with Gasteiger partial charge in [-0.15, -0.1) is 12.4 Å². The first kappa shape index (κ1) is 17.4. The maximum atomic E-state index is 12.1. The third-order valence-corrected chi connectivity index (χ3v) is 3.98. The number of nitrogens with one attached hydrogen (secondary N) is 1. The Balaban J connectivity index is 0.00000200. The molecule has 1 N–H and O–H groups in total. The van der Waals surface area contributed by atoms with Crippen LogP contribution in [0.1, 0.15) is 12.0 Å². The summed E-state index contributed by atoms with van der Waals surface area (Å²) < 4.78 is 6.40. The van der Waals surface area contributed by atoms with Crippen molar-refractivity contribution in [2.45, 2.75) is 19.0 Å². The van der Waals surface area contributed by atoms with E-state index >= 15 is 0 Å². The summed E-state index contributed by atoms with van der Waals surface area (Å²) in [7, 11) is 1.84. The minimum absolute atomic E-state index is 0. The number of halogens is 2. The smallest absolute Gasteiger partial charge is 0.224 e. The molecule has 1 unspecified atom stereocenters. The normalized spacial score (nSPS) is 18.2. The van der Waals surface area contributed by atoms with E-state index in [9.17, 15) is 4.79 Å². The van der Waals surface area contributed by atoms with E-state index in [1.54, 1.807) is 4.90 Å². The number of carbonyl (C=O) groups excluding carboxylic acids is 1. The number of rotatable bonds is 4. The van der Waals surface area contributed by atoms with E-state index in [1.165, 1.54) is 0 Å². The molecule has 1 amide bonds. The monoisotopic (exact) mass is 362 g/mol. The molecule has 0 aliphatic carbocycles. The molecule has 1 aromatic rings. The predicted molar refractivity (Wildman–Crippen MR) is 85.1 cm³/mol. The second-order valence-electron chi connectivity index (χ2n) is 4.77. The van der Waals surface area contributed by atoms with Gasteiger partial charge in [0.1, 0.15) is 0 Å². The molecule has 6 heteroatoms. The molecule has 112 valence electrons. The van der Waals surface area contributed by atoms with Crippen LogP contribution in [0.15, 0.2) is 28.7 Å². The van der Waals surface area contributed by atoms with Gasteiger partial charge in [0.15, 0.2) is 0 Å². The Morgan fingerprint density at radius 3 is 2.90 bits per heavy atom. The highest BCUT2D eigenvalue weighted by atomic mass is 79.9. The van der Waals surface area contributed by atoms with Crippen LogP contribution < -0.4 is 5.32 Å². The number of carbonyl (C=O) groups is 1. The average molecular weight is 364 g/mol. The van der Waals surface area contributed by atoms with Crippen molar-refractivity contribution < 1.29 is 9.53 Å². The molecule has 0 radical (unpaired) electrons. The van der Waals surface area contributed by atoms with E-state index in [1.807, 2.05) is 31.3 Å². The van der Waals surface area contributed by atoms with Crippen molar-refractivity contribution in [3.8, 4) is 0 Å². The standard InChI is InChI=1S/C14H19BrN2O2.ClH/c1-17(9-11-4-2-3-5-13(11)15)14(18)8-12-10-19-7-6-16-12;/h2-5,12,16H,6-10H2,1H3;1H. The number of morpholine rings is 1. The molecule has 20 heavy (non-hydrogen) atoms. The zero-order chi connectivity index (χ0) is 13.7. The van der Waals surface area contributed by atoms with Crippen molar-refractivity contribution in [2.75, 3.05) is 26.8 Å². The first-order chi connectivity index (χ1) is 9.16. The molecular weight excluding hydrogens is 344 g/mol. The molecule has 1 aliphatic rings. The minimum Gasteiger partial charge on any atom is -0.378 e. The van der Waals surface area contributed by atoms with Gasteiger partial charge in [-0.2, -0.15) is 0 Å². The van der Waals surface area contributed by atoms with E-state index in [-0.39, 0.29) is 24.4 Å². The molecule has 0 spiro atoms. The molecule has 1 aromatic carbocycles. The van der Waals surface area contributed by atoms with Gasteiger partial charge in [-0.3, -0.25) is 4.79 Å². The van der Waals surface area contributed by atoms with Gasteiger partial charge < -0.3 is 15.0 Å². The topological polar surface area (TPSA) is 41.6 Å². The van der Waals surface area contributed by atoms with Crippen molar-refractivity contribution >= 4 is 34.2 Å². The van der Waals surface area contributed by atoms with Gasteiger partial charge in [-0.05, 0) is 11.6 Å². The Morgan fingerprint density at radius 2 is 2.25 bits per heavy atom. The van der Waals surface area contributed by atoms with Crippen molar-refractivity contribution in [2.24, 2.45) is 0 Å². The minimum atomic E-state index is 0. The van der Waals surface area contributed by atoms with Crippen LogP contribution in [0, 0.1) is 0 Å². The number of ether oxygens (including phenoxy) is 1. The summed E-state index contributed by atoms with van der Waals surface area (Å²) in [4.78, 5) is 13.9. The molecule has 4 nitrogen and oxygen atoms in total. The van der Waals surface area contributed by atoms with Crippen LogP contribution in [-0.4, -0.2) is 43.7 Å². The molecule has 1 heterocycles. The second kappa shape index (κ2) is 8.62. The maximum Gasteiger partial charge on any atom is 0.224 e. The fraction of sp³-hybridized carbons (Fsp3) is 0.500. The van der Waals surface area contributed by atoms with Crippen LogP contribution >= 0.6 is 28.3 Å². The van der Waals surface area contributed by atoms with E-state index in [0.29, 0.717) is 19.6 Å². The lowest BCUT2D eigenvalue weighted by Gasteiger charge is -2.26. The van der Waals surface area contributed by atoms with Gasteiger partial charge in [-0.25, -0.2) is 0 Å². The summed E-state index contributed by atoms with van der Waals surface area (Å²) >= 11 is 3.50. The first-order valence-electron chi connectivity index (χ1n) is 6.45. The number of nitrogens with zero attached hydrogens (tertiary/aromatic N) is 1. The van der Waals surface area contributed by atoms with Crippen LogP contribution in [0.2, 0.25) is 0 Å². The van der Waals surface area contributed by atoms with Crippen LogP contribution in [0.4, 0.5) is 0 Å². The summed E-state index contributed by atoms with van der Waals surface area (Å²) in [5, 5.41) is 3.30. The Bertz CT molecular complexity index is 439. The van der Waals surface area contributed by atoms with Gasteiger partial charge in [0.2, 0.25) is 5.91 Å². The van der Waals surface area contributed by atoms with Crippen LogP contribution in [0.5, 0.6) is 0 Å². The van der Waals surface area contributed by atoms with E-state index in [2.05, 4.69) is 21.2 Å². The highest BCUT2D eigenvalue weighted by Crippen LogP contribution is 2.17. The quantitative estimate of drug-likeness (QED) is 0.892. The third-order valence-electron chi connectivity index (χ3n) is 3.21. The SMILES string of the molecule is CN(Cc1ccccc1Br)C(=O)CC1COCCN1.Cl. The van der Waals surface area contributed by atoms with Gasteiger partial charge in [-0.1, -0.05) is 34.1 Å². The van der Waals surface area contributed by atoms with Gasteiger partial charge in [0.25, 0.3) is 0 Å². The Kier molecular flexibility index (Phi) is 7.51. The van der Waals surface area contributed by atoms with Crippen molar-refractivity contribution in [3.05, 3.63) is 34.3 Å². The summed E-state index contributed by atoms with van der Waals surface area (Å²) in [6.07, 6.45) is 0.487. The molecule has 1 fully saturated rings. The predicted octanol–water partition coefficient (Wildman–Crippen LogP) is 2.21. The Labute approximate surface area is 134 Å². The Morgan fingerprint density at radius 1 is 1.50 bits per heavy atom. The van der Waals surface area contributed by atoms with Crippen LogP contribution in [0.25, 0.3) is 0 Å². The van der Waals surface area contributed by atoms with Gasteiger partial charge in [0, 0.05) is 37.1 Å². The molecule has 0 bridgehead atoms. The lowest BCUT2D eigenvalue weighted by molar-refractivity contribution is -0.131.